The van der Waals surface area contributed by atoms with Gasteiger partial charge in [0.25, 0.3) is 11.8 Å². The van der Waals surface area contributed by atoms with Crippen molar-refractivity contribution in [1.29, 1.82) is 0 Å². The third-order valence-electron chi connectivity index (χ3n) is 7.82. The molecule has 3 fully saturated rings. The maximum atomic E-state index is 13.5. The summed E-state index contributed by atoms with van der Waals surface area (Å²) in [5, 5.41) is 36.6. The maximum absolute atomic E-state index is 13.5. The first-order valence-corrected chi connectivity index (χ1v) is 12.4. The van der Waals surface area contributed by atoms with Gasteiger partial charge in [-0.25, -0.2) is 0 Å². The van der Waals surface area contributed by atoms with Crippen molar-refractivity contribution in [3.05, 3.63) is 59.7 Å². The average molecular weight is 529 g/mol. The van der Waals surface area contributed by atoms with Crippen LogP contribution in [0.1, 0.15) is 51.0 Å². The Morgan fingerprint density at radius 1 is 0.711 bits per heavy atom. The minimum Gasteiger partial charge on any atom is -0.351 e. The fraction of sp³-hybridized carbons (Fsp3) is 0.462. The molecule has 2 aromatic carbocycles. The van der Waals surface area contributed by atoms with E-state index in [0.717, 1.165) is 11.1 Å². The zero-order valence-electron chi connectivity index (χ0n) is 21.6. The number of carbonyl (C=O) groups is 2. The second kappa shape index (κ2) is 9.19. The van der Waals surface area contributed by atoms with Crippen LogP contribution in [-0.4, -0.2) is 78.8 Å². The van der Waals surface area contributed by atoms with Crippen LogP contribution in [0.15, 0.2) is 48.5 Å². The number of benzene rings is 2. The topological polar surface area (TPSA) is 153 Å². The number of ether oxygens (including phenoxy) is 2. The predicted octanol–water partition coefficient (Wildman–Crippen LogP) is 2.66. The lowest BCUT2D eigenvalue weighted by Crippen LogP contribution is -2.62. The SMILES string of the molecule is CC1CN(C(=O)C2(C)OC2c2ccc(N(O)O)cc2)C(C)CN1C(=O)C1(C)OC1c1ccc(N(O)O)cc1. The first-order chi connectivity index (χ1) is 17.9. The van der Waals surface area contributed by atoms with Crippen molar-refractivity contribution in [2.24, 2.45) is 0 Å². The zero-order chi connectivity index (χ0) is 27.6. The van der Waals surface area contributed by atoms with Crippen LogP contribution in [0.5, 0.6) is 0 Å². The Morgan fingerprint density at radius 2 is 1.03 bits per heavy atom. The molecule has 3 aliphatic heterocycles. The predicted molar refractivity (Wildman–Crippen MR) is 132 cm³/mol. The van der Waals surface area contributed by atoms with Gasteiger partial charge < -0.3 is 19.3 Å². The average Bonchev–Trinajstić information content (AvgIpc) is 3.79. The van der Waals surface area contributed by atoms with Crippen LogP contribution in [-0.2, 0) is 19.1 Å². The van der Waals surface area contributed by atoms with E-state index in [4.69, 9.17) is 30.3 Å². The molecular weight excluding hydrogens is 496 g/mol. The third-order valence-corrected chi connectivity index (χ3v) is 7.82. The number of nitrogens with zero attached hydrogens (tertiary/aromatic N) is 4. The molecule has 3 saturated heterocycles. The second-order valence-electron chi connectivity index (χ2n) is 10.6. The van der Waals surface area contributed by atoms with Gasteiger partial charge in [-0.05, 0) is 63.1 Å². The van der Waals surface area contributed by atoms with Crippen LogP contribution in [0, 0.1) is 0 Å². The molecule has 0 saturated carbocycles. The summed E-state index contributed by atoms with van der Waals surface area (Å²) in [6.07, 6.45) is -0.904. The molecule has 38 heavy (non-hydrogen) atoms. The summed E-state index contributed by atoms with van der Waals surface area (Å²) in [7, 11) is 0. The Balaban J connectivity index is 1.23. The summed E-state index contributed by atoms with van der Waals surface area (Å²) in [6.45, 7) is 7.98. The van der Waals surface area contributed by atoms with Crippen molar-refractivity contribution in [3.63, 3.8) is 0 Å². The fourth-order valence-corrected chi connectivity index (χ4v) is 5.35. The number of carbonyl (C=O) groups excluding carboxylic acids is 2. The van der Waals surface area contributed by atoms with Gasteiger partial charge in [0.2, 0.25) is 0 Å². The molecule has 0 bridgehead atoms. The molecule has 3 heterocycles. The highest BCUT2D eigenvalue weighted by atomic mass is 16.8. The van der Waals surface area contributed by atoms with E-state index in [-0.39, 0.29) is 45.7 Å². The van der Waals surface area contributed by atoms with E-state index in [2.05, 4.69) is 0 Å². The molecule has 2 aromatic rings. The van der Waals surface area contributed by atoms with Crippen molar-refractivity contribution >= 4 is 23.2 Å². The molecule has 2 amide bonds. The Kier molecular flexibility index (Phi) is 6.37. The monoisotopic (exact) mass is 528 g/mol. The van der Waals surface area contributed by atoms with Crippen molar-refractivity contribution in [2.75, 3.05) is 23.5 Å². The first-order valence-electron chi connectivity index (χ1n) is 12.4. The van der Waals surface area contributed by atoms with Crippen molar-refractivity contribution in [2.45, 2.75) is 63.2 Å². The van der Waals surface area contributed by atoms with Crippen LogP contribution < -0.4 is 10.5 Å². The van der Waals surface area contributed by atoms with Crippen LogP contribution in [0.4, 0.5) is 11.4 Å². The Hall–Kier alpha value is -3.26. The summed E-state index contributed by atoms with van der Waals surface area (Å²) in [5.41, 5.74) is -0.183. The lowest BCUT2D eigenvalue weighted by Gasteiger charge is -2.45. The normalized spacial score (nSPS) is 32.1. The molecule has 12 heteroatoms. The van der Waals surface area contributed by atoms with Gasteiger partial charge in [0, 0.05) is 25.2 Å². The van der Waals surface area contributed by atoms with E-state index >= 15 is 0 Å². The van der Waals surface area contributed by atoms with Crippen LogP contribution >= 0.6 is 0 Å². The third kappa shape index (κ3) is 4.38. The molecule has 0 aromatic heterocycles. The Bertz CT molecular complexity index is 1130. The van der Waals surface area contributed by atoms with Crippen molar-refractivity contribution in [3.8, 4) is 0 Å². The van der Waals surface area contributed by atoms with Gasteiger partial charge in [-0.2, -0.15) is 0 Å². The standard InChI is InChI=1S/C26H32N4O8/c1-15-13-28(24(32)26(4)22(38-26)18-7-11-20(12-8-18)30(35)36)16(2)14-27(15)23(31)25(3)21(37-25)17-5-9-19(10-6-17)29(33)34/h5-12,15-16,21-22,33-36H,13-14H2,1-4H3. The van der Waals surface area contributed by atoms with Gasteiger partial charge in [-0.1, -0.05) is 24.3 Å². The number of piperazine rings is 1. The van der Waals surface area contributed by atoms with Gasteiger partial charge in [0.15, 0.2) is 11.2 Å². The molecule has 0 aliphatic carbocycles. The molecular formula is C26H32N4O8. The quantitative estimate of drug-likeness (QED) is 0.325. The molecule has 6 atom stereocenters. The number of epoxide rings is 2. The summed E-state index contributed by atoms with van der Waals surface area (Å²) in [4.78, 5) is 30.6. The van der Waals surface area contributed by atoms with Crippen LogP contribution in [0.2, 0.25) is 0 Å². The van der Waals surface area contributed by atoms with Crippen molar-refractivity contribution in [1.82, 2.24) is 9.80 Å². The summed E-state index contributed by atoms with van der Waals surface area (Å²) in [6, 6.07) is 12.3. The van der Waals surface area contributed by atoms with Gasteiger partial charge in [0.05, 0.1) is 11.4 Å². The molecule has 0 spiro atoms. The van der Waals surface area contributed by atoms with E-state index in [1.165, 1.54) is 24.3 Å². The first kappa shape index (κ1) is 26.4. The molecule has 3 aliphatic rings. The van der Waals surface area contributed by atoms with Crippen LogP contribution in [0.25, 0.3) is 0 Å². The highest BCUT2D eigenvalue weighted by Gasteiger charge is 2.63. The molecule has 0 radical (unpaired) electrons. The maximum Gasteiger partial charge on any atom is 0.258 e. The zero-order valence-corrected chi connectivity index (χ0v) is 21.6. The van der Waals surface area contributed by atoms with Gasteiger partial charge in [-0.3, -0.25) is 30.4 Å². The minimum atomic E-state index is -1.04. The summed E-state index contributed by atoms with van der Waals surface area (Å²) in [5.74, 6) is -0.310. The van der Waals surface area contributed by atoms with Crippen molar-refractivity contribution < 1.29 is 39.9 Å². The van der Waals surface area contributed by atoms with E-state index in [1.54, 1.807) is 47.9 Å². The van der Waals surface area contributed by atoms with E-state index in [0.29, 0.717) is 13.1 Å². The number of rotatable bonds is 6. The molecule has 6 unspecified atom stereocenters. The van der Waals surface area contributed by atoms with Gasteiger partial charge in [0.1, 0.15) is 12.2 Å². The Labute approximate surface area is 219 Å². The lowest BCUT2D eigenvalue weighted by atomic mass is 9.95. The molecule has 4 N–H and O–H groups in total. The van der Waals surface area contributed by atoms with Gasteiger partial charge in [-0.15, -0.1) is 10.5 Å². The highest BCUT2D eigenvalue weighted by Crippen LogP contribution is 2.52. The number of amides is 2. The van der Waals surface area contributed by atoms with Gasteiger partial charge >= 0.3 is 0 Å². The molecule has 5 rings (SSSR count). The second-order valence-corrected chi connectivity index (χ2v) is 10.6. The lowest BCUT2D eigenvalue weighted by molar-refractivity contribution is -0.151. The molecule has 12 nitrogen and oxygen atoms in total. The minimum absolute atomic E-state index is 0.0253. The summed E-state index contributed by atoms with van der Waals surface area (Å²) < 4.78 is 11.7. The largest absolute Gasteiger partial charge is 0.351 e. The van der Waals surface area contributed by atoms with E-state index in [9.17, 15) is 9.59 Å². The van der Waals surface area contributed by atoms with E-state index < -0.39 is 23.4 Å². The smallest absolute Gasteiger partial charge is 0.258 e. The van der Waals surface area contributed by atoms with Crippen LogP contribution in [0.3, 0.4) is 0 Å². The number of hydrogen-bond donors (Lipinski definition) is 4. The number of anilines is 2. The summed E-state index contributed by atoms with van der Waals surface area (Å²) >= 11 is 0. The fourth-order valence-electron chi connectivity index (χ4n) is 5.35. The highest BCUT2D eigenvalue weighted by molar-refractivity contribution is 5.91. The van der Waals surface area contributed by atoms with E-state index in [1.807, 2.05) is 13.8 Å². The number of hydrogen-bond acceptors (Lipinski definition) is 10. The Morgan fingerprint density at radius 3 is 1.32 bits per heavy atom. The molecule has 204 valence electrons.